The van der Waals surface area contributed by atoms with E-state index in [1.807, 2.05) is 6.07 Å². The van der Waals surface area contributed by atoms with Gasteiger partial charge in [0.15, 0.2) is 11.5 Å². The van der Waals surface area contributed by atoms with Crippen LogP contribution in [0, 0.1) is 18.3 Å². The Kier molecular flexibility index (Phi) is 5.98. The molecule has 26 heavy (non-hydrogen) atoms. The lowest BCUT2D eigenvalue weighted by atomic mass is 10.1. The van der Waals surface area contributed by atoms with Crippen LogP contribution in [0.3, 0.4) is 0 Å². The number of amides is 1. The second kappa shape index (κ2) is 8.18. The van der Waals surface area contributed by atoms with E-state index in [4.69, 9.17) is 9.47 Å². The molecule has 7 nitrogen and oxygen atoms in total. The van der Waals surface area contributed by atoms with Crippen molar-refractivity contribution < 1.29 is 24.2 Å². The second-order valence-corrected chi connectivity index (χ2v) is 6.40. The van der Waals surface area contributed by atoms with Crippen LogP contribution in [0.1, 0.15) is 20.8 Å². The Hall–Kier alpha value is -3.31. The van der Waals surface area contributed by atoms with Gasteiger partial charge >= 0.3 is 5.97 Å². The molecule has 8 heteroatoms. The molecule has 2 rings (SSSR count). The molecule has 2 aromatic rings. The predicted octanol–water partition coefficient (Wildman–Crippen LogP) is 3.10. The standard InChI is InChI=1S/C18H16N2O5S/c1-10-6-13(18(23)25-3)17(26-10)20-16(22)12(9-19)7-11-4-5-14(21)15(8-11)24-2/h4-8,21H,1-3H3,(H,20,22)/b12-7+. The van der Waals surface area contributed by atoms with E-state index in [1.54, 1.807) is 13.0 Å². The van der Waals surface area contributed by atoms with E-state index in [1.165, 1.54) is 49.8 Å². The molecule has 0 atom stereocenters. The minimum absolute atomic E-state index is 0.0515. The van der Waals surface area contributed by atoms with Gasteiger partial charge in [-0.15, -0.1) is 11.3 Å². The molecule has 0 fully saturated rings. The summed E-state index contributed by atoms with van der Waals surface area (Å²) in [7, 11) is 2.65. The van der Waals surface area contributed by atoms with E-state index < -0.39 is 11.9 Å². The Bertz CT molecular complexity index is 924. The number of carbonyl (C=O) groups is 2. The highest BCUT2D eigenvalue weighted by Crippen LogP contribution is 2.29. The SMILES string of the molecule is COC(=O)c1cc(C)sc1NC(=O)/C(C#N)=C/c1ccc(O)c(OC)c1. The maximum absolute atomic E-state index is 12.4. The number of esters is 1. The van der Waals surface area contributed by atoms with Crippen molar-refractivity contribution in [3.8, 4) is 17.6 Å². The fraction of sp³-hybridized carbons (Fsp3) is 0.167. The zero-order valence-electron chi connectivity index (χ0n) is 14.3. The number of hydrogen-bond donors (Lipinski definition) is 2. The van der Waals surface area contributed by atoms with E-state index >= 15 is 0 Å². The highest BCUT2D eigenvalue weighted by Gasteiger charge is 2.19. The van der Waals surface area contributed by atoms with Crippen LogP contribution in [-0.2, 0) is 9.53 Å². The van der Waals surface area contributed by atoms with Crippen LogP contribution >= 0.6 is 11.3 Å². The summed E-state index contributed by atoms with van der Waals surface area (Å²) in [5, 5.41) is 21.8. The van der Waals surface area contributed by atoms with Gasteiger partial charge in [0, 0.05) is 4.88 Å². The van der Waals surface area contributed by atoms with Crippen molar-refractivity contribution >= 4 is 34.3 Å². The van der Waals surface area contributed by atoms with Crippen molar-refractivity contribution in [1.29, 1.82) is 5.26 Å². The Morgan fingerprint density at radius 3 is 2.65 bits per heavy atom. The first-order valence-electron chi connectivity index (χ1n) is 7.38. The first kappa shape index (κ1) is 19.0. The summed E-state index contributed by atoms with van der Waals surface area (Å²) in [4.78, 5) is 25.0. The number of rotatable bonds is 5. The largest absolute Gasteiger partial charge is 0.504 e. The number of anilines is 1. The predicted molar refractivity (Wildman–Crippen MR) is 97.3 cm³/mol. The first-order chi connectivity index (χ1) is 12.4. The summed E-state index contributed by atoms with van der Waals surface area (Å²) in [5.41, 5.74) is 0.563. The third-order valence-electron chi connectivity index (χ3n) is 3.37. The number of nitrogens with one attached hydrogen (secondary N) is 1. The Labute approximate surface area is 154 Å². The van der Waals surface area contributed by atoms with Gasteiger partial charge in [0.05, 0.1) is 19.8 Å². The van der Waals surface area contributed by atoms with Gasteiger partial charge in [-0.3, -0.25) is 4.79 Å². The van der Waals surface area contributed by atoms with Gasteiger partial charge in [-0.1, -0.05) is 6.07 Å². The molecular weight excluding hydrogens is 356 g/mol. The van der Waals surface area contributed by atoms with Gasteiger partial charge in [0.1, 0.15) is 16.6 Å². The average Bonchev–Trinajstić information content (AvgIpc) is 3.00. The van der Waals surface area contributed by atoms with Gasteiger partial charge < -0.3 is 19.9 Å². The lowest BCUT2D eigenvalue weighted by molar-refractivity contribution is -0.112. The van der Waals surface area contributed by atoms with E-state index in [-0.39, 0.29) is 22.6 Å². The summed E-state index contributed by atoms with van der Waals surface area (Å²) in [6, 6.07) is 7.86. The number of aromatic hydroxyl groups is 1. The Balaban J connectivity index is 2.30. The molecule has 0 spiro atoms. The molecule has 2 N–H and O–H groups in total. The molecule has 0 aliphatic rings. The number of aryl methyl sites for hydroxylation is 1. The molecule has 0 bridgehead atoms. The van der Waals surface area contributed by atoms with Gasteiger partial charge in [0.2, 0.25) is 0 Å². The van der Waals surface area contributed by atoms with Gasteiger partial charge in [-0.2, -0.15) is 5.26 Å². The number of ether oxygens (including phenoxy) is 2. The van der Waals surface area contributed by atoms with E-state index in [9.17, 15) is 20.0 Å². The van der Waals surface area contributed by atoms with Crippen molar-refractivity contribution in [1.82, 2.24) is 0 Å². The van der Waals surface area contributed by atoms with Gasteiger partial charge in [-0.25, -0.2) is 4.79 Å². The molecule has 1 aromatic carbocycles. The number of hydrogen-bond acceptors (Lipinski definition) is 7. The fourth-order valence-corrected chi connectivity index (χ4v) is 3.03. The summed E-state index contributed by atoms with van der Waals surface area (Å²) in [6.45, 7) is 1.79. The molecule has 0 saturated heterocycles. The zero-order chi connectivity index (χ0) is 19.3. The molecule has 134 valence electrons. The molecule has 0 aliphatic carbocycles. The van der Waals surface area contributed by atoms with Gasteiger partial charge in [-0.05, 0) is 36.8 Å². The number of carbonyl (C=O) groups excluding carboxylic acids is 2. The van der Waals surface area contributed by atoms with Crippen LogP contribution in [0.5, 0.6) is 11.5 Å². The van der Waals surface area contributed by atoms with Crippen LogP contribution in [-0.4, -0.2) is 31.2 Å². The van der Waals surface area contributed by atoms with Crippen LogP contribution in [0.15, 0.2) is 29.8 Å². The number of phenols is 1. The number of nitrogens with zero attached hydrogens (tertiary/aromatic N) is 1. The van der Waals surface area contributed by atoms with Crippen molar-refractivity contribution in [3.05, 3.63) is 45.8 Å². The van der Waals surface area contributed by atoms with Crippen LogP contribution < -0.4 is 10.1 Å². The number of phenolic OH excluding ortho intramolecular Hbond substituents is 1. The molecule has 1 amide bonds. The van der Waals surface area contributed by atoms with Crippen molar-refractivity contribution in [3.63, 3.8) is 0 Å². The Morgan fingerprint density at radius 1 is 1.31 bits per heavy atom. The van der Waals surface area contributed by atoms with Crippen molar-refractivity contribution in [2.24, 2.45) is 0 Å². The van der Waals surface area contributed by atoms with Crippen LogP contribution in [0.25, 0.3) is 6.08 Å². The number of thiophene rings is 1. The third-order valence-corrected chi connectivity index (χ3v) is 4.33. The lowest BCUT2D eigenvalue weighted by Crippen LogP contribution is -2.15. The maximum Gasteiger partial charge on any atom is 0.340 e. The molecule has 0 aliphatic heterocycles. The van der Waals surface area contributed by atoms with Gasteiger partial charge in [0.25, 0.3) is 5.91 Å². The molecule has 0 saturated carbocycles. The van der Waals surface area contributed by atoms with Crippen molar-refractivity contribution in [2.75, 3.05) is 19.5 Å². The molecular formula is C18H16N2O5S. The maximum atomic E-state index is 12.4. The van der Waals surface area contributed by atoms with E-state index in [2.05, 4.69) is 5.32 Å². The molecule has 0 radical (unpaired) electrons. The number of benzene rings is 1. The topological polar surface area (TPSA) is 109 Å². The summed E-state index contributed by atoms with van der Waals surface area (Å²) in [5.74, 6) is -1.07. The quantitative estimate of drug-likeness (QED) is 0.474. The second-order valence-electron chi connectivity index (χ2n) is 5.15. The summed E-state index contributed by atoms with van der Waals surface area (Å²) in [6.07, 6.45) is 1.36. The minimum Gasteiger partial charge on any atom is -0.504 e. The highest BCUT2D eigenvalue weighted by atomic mass is 32.1. The van der Waals surface area contributed by atoms with E-state index in [0.717, 1.165) is 4.88 Å². The lowest BCUT2D eigenvalue weighted by Gasteiger charge is -2.06. The average molecular weight is 372 g/mol. The molecule has 0 unspecified atom stereocenters. The smallest absolute Gasteiger partial charge is 0.340 e. The van der Waals surface area contributed by atoms with Crippen LogP contribution in [0.2, 0.25) is 0 Å². The minimum atomic E-state index is -0.661. The zero-order valence-corrected chi connectivity index (χ0v) is 15.1. The fourth-order valence-electron chi connectivity index (χ4n) is 2.14. The summed E-state index contributed by atoms with van der Waals surface area (Å²) < 4.78 is 9.69. The van der Waals surface area contributed by atoms with Crippen molar-refractivity contribution in [2.45, 2.75) is 6.92 Å². The number of nitriles is 1. The third kappa shape index (κ3) is 4.20. The highest BCUT2D eigenvalue weighted by molar-refractivity contribution is 7.16. The van der Waals surface area contributed by atoms with Crippen LogP contribution in [0.4, 0.5) is 5.00 Å². The normalized spacial score (nSPS) is 10.8. The monoisotopic (exact) mass is 372 g/mol. The molecule has 1 aromatic heterocycles. The molecule has 1 heterocycles. The number of methoxy groups -OCH3 is 2. The van der Waals surface area contributed by atoms with E-state index in [0.29, 0.717) is 10.6 Å². The summed E-state index contributed by atoms with van der Waals surface area (Å²) >= 11 is 1.21. The Morgan fingerprint density at radius 2 is 2.04 bits per heavy atom. The first-order valence-corrected chi connectivity index (χ1v) is 8.20.